The van der Waals surface area contributed by atoms with Gasteiger partial charge in [-0.05, 0) is 43.6 Å². The van der Waals surface area contributed by atoms with Crippen LogP contribution < -0.4 is 0 Å². The number of carbonyl (C=O) groups excluding carboxylic acids is 1. The average molecular weight is 367 g/mol. The van der Waals surface area contributed by atoms with Gasteiger partial charge < -0.3 is 9.64 Å². The van der Waals surface area contributed by atoms with E-state index in [0.717, 1.165) is 50.0 Å². The van der Waals surface area contributed by atoms with E-state index in [9.17, 15) is 4.79 Å². The van der Waals surface area contributed by atoms with E-state index < -0.39 is 0 Å². The van der Waals surface area contributed by atoms with Crippen LogP contribution >= 0.6 is 15.9 Å². The molecule has 2 saturated heterocycles. The number of nitrogens with zero attached hydrogens (tertiary/aromatic N) is 2. The summed E-state index contributed by atoms with van der Waals surface area (Å²) in [5.74, 6) is 0.544. The van der Waals surface area contributed by atoms with E-state index in [2.05, 4.69) is 45.1 Å². The molecule has 22 heavy (non-hydrogen) atoms. The number of benzene rings is 1. The van der Waals surface area contributed by atoms with Crippen LogP contribution in [0.3, 0.4) is 0 Å². The van der Waals surface area contributed by atoms with Gasteiger partial charge in [0.25, 0.3) is 0 Å². The van der Waals surface area contributed by atoms with Gasteiger partial charge in [-0.1, -0.05) is 28.1 Å². The van der Waals surface area contributed by atoms with E-state index in [4.69, 9.17) is 4.74 Å². The maximum absolute atomic E-state index is 12.5. The average Bonchev–Trinajstić information content (AvgIpc) is 2.56. The Bertz CT molecular complexity index is 509. The highest BCUT2D eigenvalue weighted by Gasteiger charge is 2.29. The van der Waals surface area contributed by atoms with Gasteiger partial charge >= 0.3 is 0 Å². The van der Waals surface area contributed by atoms with Crippen molar-refractivity contribution < 1.29 is 9.53 Å². The third kappa shape index (κ3) is 4.09. The lowest BCUT2D eigenvalue weighted by Gasteiger charge is -2.35. The van der Waals surface area contributed by atoms with Crippen molar-refractivity contribution in [3.05, 3.63) is 34.3 Å². The van der Waals surface area contributed by atoms with Crippen LogP contribution in [0.2, 0.25) is 0 Å². The quantitative estimate of drug-likeness (QED) is 0.823. The number of likely N-dealkylation sites (tertiary alicyclic amines) is 1. The molecule has 4 nitrogen and oxygen atoms in total. The van der Waals surface area contributed by atoms with Gasteiger partial charge in [-0.25, -0.2) is 0 Å². The topological polar surface area (TPSA) is 32.8 Å². The van der Waals surface area contributed by atoms with Crippen LogP contribution in [-0.2, 0) is 16.1 Å². The first-order valence-corrected chi connectivity index (χ1v) is 8.85. The first kappa shape index (κ1) is 16.0. The number of hydrogen-bond donors (Lipinski definition) is 0. The molecule has 2 aliphatic heterocycles. The fourth-order valence-electron chi connectivity index (χ4n) is 3.27. The fourth-order valence-corrected chi connectivity index (χ4v) is 3.72. The molecule has 5 heteroatoms. The predicted octanol–water partition coefficient (Wildman–Crippen LogP) is 2.52. The van der Waals surface area contributed by atoms with E-state index in [1.165, 1.54) is 5.56 Å². The van der Waals surface area contributed by atoms with Crippen LogP contribution in [0.5, 0.6) is 0 Å². The van der Waals surface area contributed by atoms with E-state index in [1.54, 1.807) is 0 Å². The second kappa shape index (κ2) is 7.57. The van der Waals surface area contributed by atoms with Crippen molar-refractivity contribution in [1.82, 2.24) is 9.80 Å². The minimum atomic E-state index is 0.205. The molecule has 0 aromatic heterocycles. The van der Waals surface area contributed by atoms with E-state index in [0.29, 0.717) is 19.1 Å². The Morgan fingerprint density at radius 1 is 1.18 bits per heavy atom. The molecule has 3 rings (SSSR count). The van der Waals surface area contributed by atoms with Gasteiger partial charge in [-0.15, -0.1) is 0 Å². The Kier molecular flexibility index (Phi) is 5.50. The highest BCUT2D eigenvalue weighted by Crippen LogP contribution is 2.22. The summed E-state index contributed by atoms with van der Waals surface area (Å²) < 4.78 is 6.45. The van der Waals surface area contributed by atoms with Gasteiger partial charge in [0.1, 0.15) is 0 Å². The van der Waals surface area contributed by atoms with Gasteiger partial charge in [-0.2, -0.15) is 0 Å². The zero-order valence-corrected chi connectivity index (χ0v) is 14.4. The van der Waals surface area contributed by atoms with Crippen LogP contribution in [0.1, 0.15) is 18.4 Å². The Morgan fingerprint density at radius 3 is 2.59 bits per heavy atom. The van der Waals surface area contributed by atoms with Crippen LogP contribution in [0.4, 0.5) is 0 Å². The number of halogens is 1. The monoisotopic (exact) mass is 366 g/mol. The van der Waals surface area contributed by atoms with Crippen molar-refractivity contribution in [1.29, 1.82) is 0 Å². The van der Waals surface area contributed by atoms with Crippen molar-refractivity contribution in [2.24, 2.45) is 5.92 Å². The molecule has 1 aromatic rings. The summed E-state index contributed by atoms with van der Waals surface area (Å²) in [7, 11) is 0. The van der Waals surface area contributed by atoms with Crippen molar-refractivity contribution in [3.63, 3.8) is 0 Å². The Balaban J connectivity index is 1.48. The molecule has 2 heterocycles. The molecule has 1 aromatic carbocycles. The van der Waals surface area contributed by atoms with Gasteiger partial charge in [-0.3, -0.25) is 9.69 Å². The Morgan fingerprint density at radius 2 is 1.91 bits per heavy atom. The van der Waals surface area contributed by atoms with Gasteiger partial charge in [0.15, 0.2) is 0 Å². The van der Waals surface area contributed by atoms with Crippen LogP contribution in [-0.4, -0.2) is 55.1 Å². The number of hydrogen-bond acceptors (Lipinski definition) is 3. The van der Waals surface area contributed by atoms with Crippen LogP contribution in [0.25, 0.3) is 0 Å². The summed E-state index contributed by atoms with van der Waals surface area (Å²) >= 11 is 3.52. The molecule has 0 saturated carbocycles. The lowest BCUT2D eigenvalue weighted by molar-refractivity contribution is -0.141. The number of piperidine rings is 1. The zero-order chi connectivity index (χ0) is 15.4. The van der Waals surface area contributed by atoms with E-state index in [1.807, 2.05) is 4.90 Å². The lowest BCUT2D eigenvalue weighted by Crippen LogP contribution is -2.46. The molecule has 0 spiro atoms. The summed E-state index contributed by atoms with van der Waals surface area (Å²) in [6.07, 6.45) is 1.95. The number of rotatable bonds is 3. The summed E-state index contributed by atoms with van der Waals surface area (Å²) in [6.45, 7) is 5.88. The fraction of sp³-hybridized carbons (Fsp3) is 0.588. The van der Waals surface area contributed by atoms with Crippen molar-refractivity contribution in [2.45, 2.75) is 19.4 Å². The van der Waals surface area contributed by atoms with Crippen LogP contribution in [0.15, 0.2) is 28.7 Å². The number of carbonyl (C=O) groups is 1. The molecule has 1 amide bonds. The molecule has 120 valence electrons. The summed E-state index contributed by atoms with van der Waals surface area (Å²) in [5, 5.41) is 0. The molecule has 2 fully saturated rings. The molecule has 0 bridgehead atoms. The maximum atomic E-state index is 12.5. The van der Waals surface area contributed by atoms with Crippen molar-refractivity contribution >= 4 is 21.8 Å². The largest absolute Gasteiger partial charge is 0.378 e. The second-order valence-corrected chi connectivity index (χ2v) is 7.03. The summed E-state index contributed by atoms with van der Waals surface area (Å²) in [4.78, 5) is 16.9. The SMILES string of the molecule is O=C(C1CCN(Cc2cccc(Br)c2)CC1)N1CCOCC1. The van der Waals surface area contributed by atoms with Gasteiger partial charge in [0, 0.05) is 30.0 Å². The first-order valence-electron chi connectivity index (χ1n) is 8.06. The highest BCUT2D eigenvalue weighted by molar-refractivity contribution is 9.10. The normalized spacial score (nSPS) is 21.0. The van der Waals surface area contributed by atoms with Crippen molar-refractivity contribution in [2.75, 3.05) is 39.4 Å². The minimum Gasteiger partial charge on any atom is -0.378 e. The predicted molar refractivity (Wildman–Crippen MR) is 89.5 cm³/mol. The highest BCUT2D eigenvalue weighted by atomic mass is 79.9. The first-order chi connectivity index (χ1) is 10.7. The number of ether oxygens (including phenoxy) is 1. The standard InChI is InChI=1S/C17H23BrN2O2/c18-16-3-1-2-14(12-16)13-19-6-4-15(5-7-19)17(21)20-8-10-22-11-9-20/h1-3,12,15H,4-11,13H2. The molecule has 0 unspecified atom stereocenters. The molecular weight excluding hydrogens is 344 g/mol. The van der Waals surface area contributed by atoms with Gasteiger partial charge in [0.2, 0.25) is 5.91 Å². The second-order valence-electron chi connectivity index (χ2n) is 6.12. The summed E-state index contributed by atoms with van der Waals surface area (Å²) in [5.41, 5.74) is 1.33. The Hall–Kier alpha value is -0.910. The van der Waals surface area contributed by atoms with Gasteiger partial charge in [0.05, 0.1) is 13.2 Å². The third-order valence-corrected chi connectivity index (χ3v) is 5.05. The minimum absolute atomic E-state index is 0.205. The molecular formula is C17H23BrN2O2. The molecule has 2 aliphatic rings. The van der Waals surface area contributed by atoms with E-state index >= 15 is 0 Å². The lowest BCUT2D eigenvalue weighted by atomic mass is 9.94. The number of amides is 1. The maximum Gasteiger partial charge on any atom is 0.225 e. The number of morpholine rings is 1. The van der Waals surface area contributed by atoms with Crippen molar-refractivity contribution in [3.8, 4) is 0 Å². The molecule has 0 atom stereocenters. The Labute approximate surface area is 140 Å². The third-order valence-electron chi connectivity index (χ3n) is 4.55. The molecule has 0 radical (unpaired) electrons. The zero-order valence-electron chi connectivity index (χ0n) is 12.8. The molecule has 0 aliphatic carbocycles. The summed E-state index contributed by atoms with van der Waals surface area (Å²) in [6, 6.07) is 8.46. The van der Waals surface area contributed by atoms with E-state index in [-0.39, 0.29) is 5.92 Å². The smallest absolute Gasteiger partial charge is 0.225 e. The molecule has 0 N–H and O–H groups in total. The van der Waals surface area contributed by atoms with Crippen LogP contribution in [0, 0.1) is 5.92 Å².